The van der Waals surface area contributed by atoms with Crippen LogP contribution < -0.4 is 5.32 Å². The first-order valence-electron chi connectivity index (χ1n) is 5.85. The minimum atomic E-state index is -0.140. The van der Waals surface area contributed by atoms with Gasteiger partial charge < -0.3 is 14.6 Å². The quantitative estimate of drug-likeness (QED) is 0.833. The molecule has 0 atom stereocenters. The van der Waals surface area contributed by atoms with E-state index in [9.17, 15) is 0 Å². The number of hydrogen-bond donors (Lipinski definition) is 1. The highest BCUT2D eigenvalue weighted by atomic mass is 16.5. The van der Waals surface area contributed by atoms with E-state index in [1.165, 1.54) is 12.8 Å². The third-order valence-electron chi connectivity index (χ3n) is 2.40. The number of nitrogens with zero attached hydrogens (tertiary/aromatic N) is 1. The molecule has 1 aliphatic rings. The van der Waals surface area contributed by atoms with Crippen molar-refractivity contribution in [1.29, 1.82) is 0 Å². The van der Waals surface area contributed by atoms with Gasteiger partial charge in [0.1, 0.15) is 6.61 Å². The van der Waals surface area contributed by atoms with Crippen LogP contribution in [-0.4, -0.2) is 16.8 Å². The predicted octanol–water partition coefficient (Wildman–Crippen LogP) is 2.24. The third kappa shape index (κ3) is 3.94. The summed E-state index contributed by atoms with van der Waals surface area (Å²) in [6.07, 6.45) is 2.58. The van der Waals surface area contributed by atoms with E-state index in [0.29, 0.717) is 12.6 Å². The lowest BCUT2D eigenvalue weighted by molar-refractivity contribution is -0.0241. The highest BCUT2D eigenvalue weighted by Gasteiger charge is 2.20. The Morgan fingerprint density at radius 3 is 2.88 bits per heavy atom. The zero-order valence-electron chi connectivity index (χ0n) is 10.2. The van der Waals surface area contributed by atoms with Crippen molar-refractivity contribution in [3.05, 3.63) is 17.5 Å². The van der Waals surface area contributed by atoms with E-state index in [1.54, 1.807) is 0 Å². The van der Waals surface area contributed by atoms with Gasteiger partial charge in [0.25, 0.3) is 0 Å². The van der Waals surface area contributed by atoms with E-state index in [2.05, 4.69) is 10.5 Å². The van der Waals surface area contributed by atoms with Gasteiger partial charge in [0.15, 0.2) is 5.76 Å². The van der Waals surface area contributed by atoms with Crippen LogP contribution in [0.1, 0.15) is 45.1 Å². The van der Waals surface area contributed by atoms with Gasteiger partial charge in [0.2, 0.25) is 0 Å². The Hall–Kier alpha value is -0.870. The van der Waals surface area contributed by atoms with Crippen molar-refractivity contribution in [3.8, 4) is 0 Å². The molecule has 16 heavy (non-hydrogen) atoms. The lowest BCUT2D eigenvalue weighted by Gasteiger charge is -2.17. The first-order valence-corrected chi connectivity index (χ1v) is 5.85. The molecular formula is C12H20N2O2. The van der Waals surface area contributed by atoms with Gasteiger partial charge in [-0.15, -0.1) is 0 Å². The van der Waals surface area contributed by atoms with Crippen LogP contribution in [0.3, 0.4) is 0 Å². The summed E-state index contributed by atoms with van der Waals surface area (Å²) in [6.45, 7) is 7.36. The highest BCUT2D eigenvalue weighted by molar-refractivity contribution is 5.05. The second-order valence-corrected chi connectivity index (χ2v) is 5.34. The van der Waals surface area contributed by atoms with Crippen LogP contribution >= 0.6 is 0 Å². The molecule has 0 spiro atoms. The van der Waals surface area contributed by atoms with E-state index in [0.717, 1.165) is 18.0 Å². The van der Waals surface area contributed by atoms with Crippen molar-refractivity contribution in [2.75, 3.05) is 0 Å². The number of rotatable bonds is 5. The fourth-order valence-electron chi connectivity index (χ4n) is 1.33. The molecule has 2 rings (SSSR count). The maximum Gasteiger partial charge on any atom is 0.162 e. The van der Waals surface area contributed by atoms with Crippen molar-refractivity contribution < 1.29 is 9.26 Å². The van der Waals surface area contributed by atoms with E-state index in [1.807, 2.05) is 26.8 Å². The van der Waals surface area contributed by atoms with Gasteiger partial charge >= 0.3 is 0 Å². The lowest BCUT2D eigenvalue weighted by atomic mass is 10.2. The monoisotopic (exact) mass is 224 g/mol. The second kappa shape index (κ2) is 4.55. The van der Waals surface area contributed by atoms with Crippen molar-refractivity contribution in [1.82, 2.24) is 10.5 Å². The molecule has 0 aliphatic heterocycles. The minimum absolute atomic E-state index is 0.140. The molecule has 0 unspecified atom stereocenters. The molecule has 0 radical (unpaired) electrons. The summed E-state index contributed by atoms with van der Waals surface area (Å²) < 4.78 is 10.8. The first-order chi connectivity index (χ1) is 7.53. The van der Waals surface area contributed by atoms with Crippen LogP contribution in [0.2, 0.25) is 0 Å². The van der Waals surface area contributed by atoms with Gasteiger partial charge in [0, 0.05) is 18.7 Å². The Morgan fingerprint density at radius 1 is 1.50 bits per heavy atom. The Bertz CT molecular complexity index is 337. The van der Waals surface area contributed by atoms with Crippen LogP contribution in [0.25, 0.3) is 0 Å². The van der Waals surface area contributed by atoms with E-state index in [4.69, 9.17) is 9.26 Å². The fraction of sp³-hybridized carbons (Fsp3) is 0.750. The Balaban J connectivity index is 1.77. The zero-order valence-corrected chi connectivity index (χ0v) is 10.2. The smallest absolute Gasteiger partial charge is 0.162 e. The minimum Gasteiger partial charge on any atom is -0.368 e. The maximum absolute atomic E-state index is 5.61. The molecule has 1 heterocycles. The van der Waals surface area contributed by atoms with Crippen molar-refractivity contribution >= 4 is 0 Å². The average Bonchev–Trinajstić information content (AvgIpc) is 2.91. The van der Waals surface area contributed by atoms with Crippen molar-refractivity contribution in [2.24, 2.45) is 0 Å². The summed E-state index contributed by atoms with van der Waals surface area (Å²) in [7, 11) is 0. The van der Waals surface area contributed by atoms with Crippen LogP contribution in [0.5, 0.6) is 0 Å². The molecule has 4 nitrogen and oxygen atoms in total. The van der Waals surface area contributed by atoms with Gasteiger partial charge in [-0.25, -0.2) is 0 Å². The predicted molar refractivity (Wildman–Crippen MR) is 60.9 cm³/mol. The van der Waals surface area contributed by atoms with Crippen molar-refractivity contribution in [2.45, 2.75) is 58.4 Å². The van der Waals surface area contributed by atoms with E-state index < -0.39 is 0 Å². The molecule has 1 aromatic rings. The second-order valence-electron chi connectivity index (χ2n) is 5.34. The van der Waals surface area contributed by atoms with Gasteiger partial charge in [-0.05, 0) is 33.6 Å². The largest absolute Gasteiger partial charge is 0.368 e. The molecule has 1 fully saturated rings. The average molecular weight is 224 g/mol. The lowest BCUT2D eigenvalue weighted by Crippen LogP contribution is -2.18. The zero-order chi connectivity index (χ0) is 11.6. The summed E-state index contributed by atoms with van der Waals surface area (Å²) in [5, 5.41) is 7.39. The van der Waals surface area contributed by atoms with Crippen molar-refractivity contribution in [3.63, 3.8) is 0 Å². The molecule has 0 saturated heterocycles. The number of aromatic nitrogens is 1. The number of hydrogen-bond acceptors (Lipinski definition) is 4. The molecule has 1 aliphatic carbocycles. The summed E-state index contributed by atoms with van der Waals surface area (Å²) in [6, 6.07) is 2.66. The molecule has 1 aromatic heterocycles. The van der Waals surface area contributed by atoms with Crippen LogP contribution in [0.4, 0.5) is 0 Å². The number of ether oxygens (including phenoxy) is 1. The maximum atomic E-state index is 5.61. The topological polar surface area (TPSA) is 47.3 Å². The summed E-state index contributed by atoms with van der Waals surface area (Å²) in [5.74, 6) is 0.794. The van der Waals surface area contributed by atoms with E-state index >= 15 is 0 Å². The van der Waals surface area contributed by atoms with Crippen LogP contribution in [0.15, 0.2) is 10.6 Å². The Labute approximate surface area is 96.3 Å². The normalized spacial score (nSPS) is 16.7. The Kier molecular flexibility index (Phi) is 3.30. The van der Waals surface area contributed by atoms with Gasteiger partial charge in [0.05, 0.1) is 11.3 Å². The summed E-state index contributed by atoms with van der Waals surface area (Å²) in [5.41, 5.74) is 0.818. The van der Waals surface area contributed by atoms with E-state index in [-0.39, 0.29) is 5.60 Å². The SMILES string of the molecule is CC(C)(C)OCc1cc(CNC2CC2)no1. The summed E-state index contributed by atoms with van der Waals surface area (Å²) in [4.78, 5) is 0. The molecule has 0 aromatic carbocycles. The number of nitrogens with one attached hydrogen (secondary N) is 1. The molecule has 0 amide bonds. The molecule has 0 bridgehead atoms. The molecular weight excluding hydrogens is 204 g/mol. The Morgan fingerprint density at radius 2 is 2.25 bits per heavy atom. The molecule has 1 saturated carbocycles. The summed E-state index contributed by atoms with van der Waals surface area (Å²) >= 11 is 0. The fourth-order valence-corrected chi connectivity index (χ4v) is 1.33. The van der Waals surface area contributed by atoms with Crippen LogP contribution in [-0.2, 0) is 17.9 Å². The molecule has 1 N–H and O–H groups in total. The third-order valence-corrected chi connectivity index (χ3v) is 2.40. The molecule has 90 valence electrons. The standard InChI is InChI=1S/C12H20N2O2/c1-12(2,3)15-8-11-6-10(14-16-11)7-13-9-4-5-9/h6,9,13H,4-5,7-8H2,1-3H3. The molecule has 4 heteroatoms. The van der Waals surface area contributed by atoms with Gasteiger partial charge in [-0.1, -0.05) is 5.16 Å². The van der Waals surface area contributed by atoms with Gasteiger partial charge in [-0.2, -0.15) is 0 Å². The van der Waals surface area contributed by atoms with Gasteiger partial charge in [-0.3, -0.25) is 0 Å². The first kappa shape index (κ1) is 11.6. The highest BCUT2D eigenvalue weighted by Crippen LogP contribution is 2.19. The van der Waals surface area contributed by atoms with Crippen LogP contribution in [0, 0.1) is 0 Å².